The van der Waals surface area contributed by atoms with E-state index in [1.807, 2.05) is 18.2 Å². The van der Waals surface area contributed by atoms with E-state index in [2.05, 4.69) is 21.2 Å². The van der Waals surface area contributed by atoms with Gasteiger partial charge in [-0.15, -0.1) is 0 Å². The van der Waals surface area contributed by atoms with Gasteiger partial charge in [-0.1, -0.05) is 6.07 Å². The fourth-order valence-corrected chi connectivity index (χ4v) is 2.27. The number of hydrogen-bond donors (Lipinski definition) is 1. The number of ether oxygens (including phenoxy) is 1. The second-order valence-corrected chi connectivity index (χ2v) is 5.14. The van der Waals surface area contributed by atoms with Crippen LogP contribution in [0.3, 0.4) is 0 Å². The van der Waals surface area contributed by atoms with Crippen LogP contribution in [0.4, 0.5) is 0 Å². The Kier molecular flexibility index (Phi) is 4.05. The summed E-state index contributed by atoms with van der Waals surface area (Å²) in [5, 5.41) is 2.96. The van der Waals surface area contributed by atoms with Crippen LogP contribution in [0.2, 0.25) is 0 Å². The third-order valence-corrected chi connectivity index (χ3v) is 3.50. The number of benzene rings is 1. The zero-order valence-electron chi connectivity index (χ0n) is 9.83. The molecular formula is C13H16BrNO2. The fourth-order valence-electron chi connectivity index (χ4n) is 1.69. The number of hydrogen-bond acceptors (Lipinski definition) is 2. The number of carbonyl (C=O) groups is 1. The monoisotopic (exact) mass is 297 g/mol. The fraction of sp³-hybridized carbons (Fsp3) is 0.462. The van der Waals surface area contributed by atoms with Crippen molar-refractivity contribution in [2.45, 2.75) is 19.3 Å². The van der Waals surface area contributed by atoms with Crippen LogP contribution in [-0.4, -0.2) is 19.6 Å². The molecule has 0 atom stereocenters. The van der Waals surface area contributed by atoms with E-state index in [0.717, 1.165) is 29.5 Å². The van der Waals surface area contributed by atoms with Gasteiger partial charge in [0.15, 0.2) is 0 Å². The highest BCUT2D eigenvalue weighted by Gasteiger charge is 2.28. The van der Waals surface area contributed by atoms with Gasteiger partial charge in [-0.3, -0.25) is 4.79 Å². The summed E-state index contributed by atoms with van der Waals surface area (Å²) in [4.78, 5) is 11.4. The molecule has 1 aliphatic carbocycles. The van der Waals surface area contributed by atoms with Crippen molar-refractivity contribution < 1.29 is 9.53 Å². The van der Waals surface area contributed by atoms with Gasteiger partial charge < -0.3 is 10.1 Å². The third kappa shape index (κ3) is 3.46. The van der Waals surface area contributed by atoms with Crippen LogP contribution >= 0.6 is 15.9 Å². The maximum Gasteiger partial charge on any atom is 0.223 e. The lowest BCUT2D eigenvalue weighted by Crippen LogP contribution is -2.26. The van der Waals surface area contributed by atoms with E-state index >= 15 is 0 Å². The van der Waals surface area contributed by atoms with E-state index in [4.69, 9.17) is 4.74 Å². The zero-order valence-corrected chi connectivity index (χ0v) is 11.4. The van der Waals surface area contributed by atoms with Gasteiger partial charge in [0.2, 0.25) is 5.91 Å². The first-order chi connectivity index (χ1) is 8.20. The molecule has 17 heavy (non-hydrogen) atoms. The Morgan fingerprint density at radius 2 is 2.29 bits per heavy atom. The van der Waals surface area contributed by atoms with Crippen molar-refractivity contribution in [1.29, 1.82) is 0 Å². The molecule has 1 saturated carbocycles. The molecule has 1 aromatic carbocycles. The van der Waals surface area contributed by atoms with E-state index in [0.29, 0.717) is 6.54 Å². The molecule has 0 saturated heterocycles. The van der Waals surface area contributed by atoms with Crippen LogP contribution in [-0.2, 0) is 11.2 Å². The van der Waals surface area contributed by atoms with Crippen LogP contribution in [0.5, 0.6) is 5.75 Å². The number of nitrogens with one attached hydrogen (secondary N) is 1. The molecule has 1 aliphatic rings. The molecule has 2 rings (SSSR count). The van der Waals surface area contributed by atoms with Crippen LogP contribution in [0.1, 0.15) is 18.4 Å². The van der Waals surface area contributed by atoms with E-state index in [1.165, 1.54) is 5.56 Å². The van der Waals surface area contributed by atoms with E-state index < -0.39 is 0 Å². The first kappa shape index (κ1) is 12.4. The summed E-state index contributed by atoms with van der Waals surface area (Å²) < 4.78 is 6.12. The Hall–Kier alpha value is -1.03. The van der Waals surface area contributed by atoms with Crippen molar-refractivity contribution in [2.75, 3.05) is 13.7 Å². The van der Waals surface area contributed by atoms with Gasteiger partial charge >= 0.3 is 0 Å². The predicted molar refractivity (Wildman–Crippen MR) is 70.1 cm³/mol. The van der Waals surface area contributed by atoms with Crippen molar-refractivity contribution in [3.05, 3.63) is 28.2 Å². The van der Waals surface area contributed by atoms with Gasteiger partial charge in [0, 0.05) is 12.5 Å². The minimum atomic E-state index is 0.206. The molecule has 3 nitrogen and oxygen atoms in total. The summed E-state index contributed by atoms with van der Waals surface area (Å²) in [5.74, 6) is 1.32. The first-order valence-corrected chi connectivity index (χ1v) is 6.60. The molecule has 0 bridgehead atoms. The normalized spacial score (nSPS) is 14.5. The smallest absolute Gasteiger partial charge is 0.223 e. The third-order valence-electron chi connectivity index (χ3n) is 2.88. The Morgan fingerprint density at radius 1 is 1.53 bits per heavy atom. The maximum absolute atomic E-state index is 11.4. The average Bonchev–Trinajstić information content (AvgIpc) is 3.13. The average molecular weight is 298 g/mol. The van der Waals surface area contributed by atoms with Crippen molar-refractivity contribution in [1.82, 2.24) is 5.32 Å². The molecule has 1 aromatic rings. The number of halogens is 1. The molecule has 4 heteroatoms. The zero-order chi connectivity index (χ0) is 12.3. The second kappa shape index (κ2) is 5.54. The second-order valence-electron chi connectivity index (χ2n) is 4.28. The lowest BCUT2D eigenvalue weighted by atomic mass is 10.1. The minimum Gasteiger partial charge on any atom is -0.496 e. The molecule has 92 valence electrons. The Morgan fingerprint density at radius 3 is 2.88 bits per heavy atom. The highest BCUT2D eigenvalue weighted by atomic mass is 79.9. The van der Waals surface area contributed by atoms with E-state index in [9.17, 15) is 4.79 Å². The van der Waals surface area contributed by atoms with Crippen molar-refractivity contribution in [3.8, 4) is 5.75 Å². The molecule has 0 aromatic heterocycles. The highest BCUT2D eigenvalue weighted by Crippen LogP contribution is 2.28. The molecular weight excluding hydrogens is 282 g/mol. The Bertz CT molecular complexity index is 416. The summed E-state index contributed by atoms with van der Waals surface area (Å²) in [6, 6.07) is 5.98. The van der Waals surface area contributed by atoms with Crippen molar-refractivity contribution >= 4 is 21.8 Å². The Balaban J connectivity index is 1.82. The van der Waals surface area contributed by atoms with Crippen molar-refractivity contribution in [3.63, 3.8) is 0 Å². The van der Waals surface area contributed by atoms with Gasteiger partial charge in [0.05, 0.1) is 11.6 Å². The SMILES string of the molecule is COc1ccc(CCNC(=O)C2CC2)cc1Br. The van der Waals surface area contributed by atoms with Crippen molar-refractivity contribution in [2.24, 2.45) is 5.92 Å². The molecule has 1 N–H and O–H groups in total. The summed E-state index contributed by atoms with van der Waals surface area (Å²) in [5.41, 5.74) is 1.19. The summed E-state index contributed by atoms with van der Waals surface area (Å²) >= 11 is 3.45. The molecule has 0 spiro atoms. The van der Waals surface area contributed by atoms with Gasteiger partial charge in [-0.25, -0.2) is 0 Å². The molecule has 0 heterocycles. The minimum absolute atomic E-state index is 0.206. The highest BCUT2D eigenvalue weighted by molar-refractivity contribution is 9.10. The van der Waals surface area contributed by atoms with Gasteiger partial charge in [0.1, 0.15) is 5.75 Å². The molecule has 1 amide bonds. The standard InChI is InChI=1S/C13H16BrNO2/c1-17-12-5-2-9(8-11(12)14)6-7-15-13(16)10-3-4-10/h2,5,8,10H,3-4,6-7H2,1H3,(H,15,16). The number of methoxy groups -OCH3 is 1. The van der Waals surface area contributed by atoms with Crippen LogP contribution < -0.4 is 10.1 Å². The lowest BCUT2D eigenvalue weighted by Gasteiger charge is -2.07. The first-order valence-electron chi connectivity index (χ1n) is 5.81. The van der Waals surface area contributed by atoms with Crippen LogP contribution in [0.25, 0.3) is 0 Å². The van der Waals surface area contributed by atoms with Gasteiger partial charge in [-0.2, -0.15) is 0 Å². The van der Waals surface area contributed by atoms with Gasteiger partial charge in [-0.05, 0) is 52.9 Å². The summed E-state index contributed by atoms with van der Waals surface area (Å²) in [6.07, 6.45) is 2.96. The molecule has 1 fully saturated rings. The summed E-state index contributed by atoms with van der Waals surface area (Å²) in [6.45, 7) is 0.702. The van der Waals surface area contributed by atoms with Crippen LogP contribution in [0.15, 0.2) is 22.7 Å². The van der Waals surface area contributed by atoms with E-state index in [-0.39, 0.29) is 11.8 Å². The summed E-state index contributed by atoms with van der Waals surface area (Å²) in [7, 11) is 1.65. The maximum atomic E-state index is 11.4. The molecule has 0 radical (unpaired) electrons. The number of amides is 1. The Labute approximate surface area is 110 Å². The topological polar surface area (TPSA) is 38.3 Å². The lowest BCUT2D eigenvalue weighted by molar-refractivity contribution is -0.122. The predicted octanol–water partition coefficient (Wildman–Crippen LogP) is 2.53. The van der Waals surface area contributed by atoms with Gasteiger partial charge in [0.25, 0.3) is 0 Å². The van der Waals surface area contributed by atoms with E-state index in [1.54, 1.807) is 7.11 Å². The number of carbonyl (C=O) groups excluding carboxylic acids is 1. The van der Waals surface area contributed by atoms with Crippen LogP contribution in [0, 0.1) is 5.92 Å². The quantitative estimate of drug-likeness (QED) is 0.907. The number of rotatable bonds is 5. The molecule has 0 aliphatic heterocycles. The molecule has 0 unspecified atom stereocenters. The largest absolute Gasteiger partial charge is 0.496 e.